The van der Waals surface area contributed by atoms with Gasteiger partial charge in [0.25, 0.3) is 0 Å². The number of benzene rings is 2. The SMILES string of the molecule is COc1cc(N2CCN(C3CCOCC3)CC2)ccc1Nc1ncnc(Nc2ccccc2S(=O)(=O)C(C)C)n1. The molecule has 40 heavy (non-hydrogen) atoms. The molecule has 3 heterocycles. The average Bonchev–Trinajstić information content (AvgIpc) is 2.98. The molecule has 2 aliphatic heterocycles. The number of aromatic nitrogens is 3. The molecule has 2 aromatic carbocycles. The maximum absolute atomic E-state index is 12.8. The number of sulfone groups is 1. The summed E-state index contributed by atoms with van der Waals surface area (Å²) in [5, 5.41) is 5.69. The minimum atomic E-state index is -3.50. The zero-order valence-corrected chi connectivity index (χ0v) is 24.0. The zero-order chi connectivity index (χ0) is 28.1. The van der Waals surface area contributed by atoms with Gasteiger partial charge in [-0.05, 0) is 51.0 Å². The molecule has 5 rings (SSSR count). The molecular formula is C28H37N7O4S. The minimum Gasteiger partial charge on any atom is -0.494 e. The molecule has 11 nitrogen and oxygen atoms in total. The third-order valence-corrected chi connectivity index (χ3v) is 9.66. The first-order valence-corrected chi connectivity index (χ1v) is 15.2. The van der Waals surface area contributed by atoms with E-state index >= 15 is 0 Å². The van der Waals surface area contributed by atoms with Crippen molar-refractivity contribution in [2.24, 2.45) is 0 Å². The first-order chi connectivity index (χ1) is 19.3. The Morgan fingerprint density at radius 3 is 2.30 bits per heavy atom. The molecular weight excluding hydrogens is 530 g/mol. The minimum absolute atomic E-state index is 0.200. The zero-order valence-electron chi connectivity index (χ0n) is 23.2. The summed E-state index contributed by atoms with van der Waals surface area (Å²) in [7, 11) is -1.86. The fraction of sp³-hybridized carbons (Fsp3) is 0.464. The van der Waals surface area contributed by atoms with Crippen LogP contribution in [0.5, 0.6) is 5.75 Å². The van der Waals surface area contributed by atoms with Crippen molar-refractivity contribution in [1.82, 2.24) is 19.9 Å². The molecule has 214 valence electrons. The summed E-state index contributed by atoms with van der Waals surface area (Å²) in [5.41, 5.74) is 2.23. The quantitative estimate of drug-likeness (QED) is 0.392. The van der Waals surface area contributed by atoms with E-state index in [9.17, 15) is 8.42 Å². The number of nitrogens with zero attached hydrogens (tertiary/aromatic N) is 5. The van der Waals surface area contributed by atoms with Crippen LogP contribution in [-0.2, 0) is 14.6 Å². The number of piperazine rings is 1. The Bertz CT molecular complexity index is 1410. The Labute approximate surface area is 235 Å². The van der Waals surface area contributed by atoms with Gasteiger partial charge in [0.15, 0.2) is 9.84 Å². The van der Waals surface area contributed by atoms with Crippen molar-refractivity contribution in [3.05, 3.63) is 48.8 Å². The van der Waals surface area contributed by atoms with Gasteiger partial charge in [0.1, 0.15) is 12.1 Å². The van der Waals surface area contributed by atoms with Gasteiger partial charge in [0.2, 0.25) is 11.9 Å². The van der Waals surface area contributed by atoms with E-state index in [4.69, 9.17) is 9.47 Å². The van der Waals surface area contributed by atoms with Gasteiger partial charge < -0.3 is 25.0 Å². The highest BCUT2D eigenvalue weighted by molar-refractivity contribution is 7.92. The van der Waals surface area contributed by atoms with Crippen molar-refractivity contribution in [2.75, 3.05) is 62.0 Å². The predicted octanol–water partition coefficient (Wildman–Crippen LogP) is 3.85. The summed E-state index contributed by atoms with van der Waals surface area (Å²) >= 11 is 0. The Morgan fingerprint density at radius 1 is 0.950 bits per heavy atom. The summed E-state index contributed by atoms with van der Waals surface area (Å²) < 4.78 is 36.9. The normalized spacial score (nSPS) is 17.1. The number of nitrogens with one attached hydrogen (secondary N) is 2. The number of anilines is 5. The smallest absolute Gasteiger partial charge is 0.232 e. The molecule has 0 amide bonds. The predicted molar refractivity (Wildman–Crippen MR) is 156 cm³/mol. The highest BCUT2D eigenvalue weighted by atomic mass is 32.2. The third-order valence-electron chi connectivity index (χ3n) is 7.45. The van der Waals surface area contributed by atoms with Crippen LogP contribution in [0.2, 0.25) is 0 Å². The van der Waals surface area contributed by atoms with Gasteiger partial charge in [-0.2, -0.15) is 4.98 Å². The van der Waals surface area contributed by atoms with Crippen LogP contribution in [-0.4, -0.2) is 86.1 Å². The first-order valence-electron chi connectivity index (χ1n) is 13.7. The highest BCUT2D eigenvalue weighted by Crippen LogP contribution is 2.33. The lowest BCUT2D eigenvalue weighted by atomic mass is 10.1. The van der Waals surface area contributed by atoms with Gasteiger partial charge in [-0.3, -0.25) is 4.90 Å². The molecule has 2 aliphatic rings. The molecule has 2 N–H and O–H groups in total. The molecule has 2 saturated heterocycles. The van der Waals surface area contributed by atoms with Crippen molar-refractivity contribution >= 4 is 38.8 Å². The Morgan fingerprint density at radius 2 is 1.62 bits per heavy atom. The lowest BCUT2D eigenvalue weighted by Gasteiger charge is -2.41. The van der Waals surface area contributed by atoms with Crippen LogP contribution in [0.4, 0.5) is 29.0 Å². The maximum atomic E-state index is 12.8. The second kappa shape index (κ2) is 12.4. The molecule has 0 aliphatic carbocycles. The van der Waals surface area contributed by atoms with Gasteiger partial charge >= 0.3 is 0 Å². The molecule has 0 saturated carbocycles. The second-order valence-corrected chi connectivity index (χ2v) is 12.7. The fourth-order valence-corrected chi connectivity index (χ4v) is 6.31. The number of para-hydroxylation sites is 1. The second-order valence-electron chi connectivity index (χ2n) is 10.2. The van der Waals surface area contributed by atoms with Crippen LogP contribution in [0.1, 0.15) is 26.7 Å². The molecule has 0 atom stereocenters. The standard InChI is InChI=1S/C28H37N7O4S/c1-20(2)40(36,37)26-7-5-4-6-24(26)32-28-30-19-29-27(33-28)31-23-9-8-22(18-25(23)38-3)35-14-12-34(13-15-35)21-10-16-39-17-11-21/h4-9,18-21H,10-17H2,1-3H3,(H2,29,30,31,32,33). The molecule has 0 unspecified atom stereocenters. The van der Waals surface area contributed by atoms with Gasteiger partial charge in [-0.25, -0.2) is 18.4 Å². The Balaban J connectivity index is 1.27. The fourth-order valence-electron chi connectivity index (χ4n) is 5.11. The van der Waals surface area contributed by atoms with E-state index in [0.717, 1.165) is 57.9 Å². The molecule has 3 aromatic rings. The van der Waals surface area contributed by atoms with Crippen molar-refractivity contribution in [3.8, 4) is 5.75 Å². The van der Waals surface area contributed by atoms with E-state index in [-0.39, 0.29) is 10.8 Å². The largest absolute Gasteiger partial charge is 0.494 e. The lowest BCUT2D eigenvalue weighted by Crippen LogP contribution is -2.51. The van der Waals surface area contributed by atoms with E-state index in [1.807, 2.05) is 12.1 Å². The summed E-state index contributed by atoms with van der Waals surface area (Å²) in [4.78, 5) is 18.1. The van der Waals surface area contributed by atoms with Gasteiger partial charge in [0.05, 0.1) is 28.6 Å². The monoisotopic (exact) mass is 567 g/mol. The topological polar surface area (TPSA) is 122 Å². The first kappa shape index (κ1) is 28.1. The number of ether oxygens (including phenoxy) is 2. The summed E-state index contributed by atoms with van der Waals surface area (Å²) in [6.07, 6.45) is 3.61. The molecule has 0 bridgehead atoms. The van der Waals surface area contributed by atoms with Crippen molar-refractivity contribution in [1.29, 1.82) is 0 Å². The lowest BCUT2D eigenvalue weighted by molar-refractivity contribution is 0.0321. The van der Waals surface area contributed by atoms with Crippen LogP contribution < -0.4 is 20.3 Å². The number of methoxy groups -OCH3 is 1. The van der Waals surface area contributed by atoms with Crippen LogP contribution in [0.25, 0.3) is 0 Å². The molecule has 12 heteroatoms. The molecule has 0 radical (unpaired) electrons. The van der Waals surface area contributed by atoms with Crippen molar-refractivity contribution in [2.45, 2.75) is 42.9 Å². The number of rotatable bonds is 9. The summed E-state index contributed by atoms with van der Waals surface area (Å²) in [5.74, 6) is 1.20. The van der Waals surface area contributed by atoms with E-state index in [1.54, 1.807) is 45.2 Å². The average molecular weight is 568 g/mol. The van der Waals surface area contributed by atoms with Crippen molar-refractivity contribution < 1.29 is 17.9 Å². The maximum Gasteiger partial charge on any atom is 0.232 e. The van der Waals surface area contributed by atoms with Crippen LogP contribution in [0.3, 0.4) is 0 Å². The van der Waals surface area contributed by atoms with E-state index in [1.165, 1.54) is 6.33 Å². The third kappa shape index (κ3) is 6.29. The Hall–Kier alpha value is -3.48. The number of hydrogen-bond acceptors (Lipinski definition) is 11. The van der Waals surface area contributed by atoms with Crippen LogP contribution in [0, 0.1) is 0 Å². The van der Waals surface area contributed by atoms with Crippen LogP contribution >= 0.6 is 0 Å². The van der Waals surface area contributed by atoms with Crippen LogP contribution in [0.15, 0.2) is 53.7 Å². The molecule has 0 spiro atoms. The van der Waals surface area contributed by atoms with Gasteiger partial charge in [-0.15, -0.1) is 0 Å². The Kier molecular flexibility index (Phi) is 8.67. The highest BCUT2D eigenvalue weighted by Gasteiger charge is 2.26. The summed E-state index contributed by atoms with van der Waals surface area (Å²) in [6.45, 7) is 9.04. The number of hydrogen-bond donors (Lipinski definition) is 2. The van der Waals surface area contributed by atoms with E-state index < -0.39 is 15.1 Å². The summed E-state index contributed by atoms with van der Waals surface area (Å²) in [6, 6.07) is 13.4. The van der Waals surface area contributed by atoms with Gasteiger partial charge in [-0.1, -0.05) is 12.1 Å². The van der Waals surface area contributed by atoms with Gasteiger partial charge in [0, 0.05) is 57.2 Å². The van der Waals surface area contributed by atoms with Crippen molar-refractivity contribution in [3.63, 3.8) is 0 Å². The molecule has 2 fully saturated rings. The van der Waals surface area contributed by atoms with E-state index in [2.05, 4.69) is 41.5 Å². The molecule has 1 aromatic heterocycles. The van der Waals surface area contributed by atoms with E-state index in [0.29, 0.717) is 29.1 Å².